The number of aromatic nitrogens is 4. The number of aryl methyl sites for hydroxylation is 3. The fraction of sp³-hybridized carbons (Fsp3) is 0.312. The molecule has 2 N–H and O–H groups in total. The standard InChI is InChI=1S/C16H20N6O2S2/c1-11-8-12(2)22(21-11)15-9-14(18-10-19-15)17-6-7-20-26(23,24)16-5-4-13(3)25-16/h4-5,8-10,20H,6-7H2,1-3H3,(H,17,18,19). The minimum absolute atomic E-state index is 0.249. The van der Waals surface area contributed by atoms with Gasteiger partial charge in [-0.05, 0) is 39.0 Å². The van der Waals surface area contributed by atoms with Crippen molar-refractivity contribution in [2.24, 2.45) is 0 Å². The third-order valence-electron chi connectivity index (χ3n) is 3.58. The number of sulfonamides is 1. The molecule has 3 rings (SSSR count). The summed E-state index contributed by atoms with van der Waals surface area (Å²) in [6, 6.07) is 7.15. The summed E-state index contributed by atoms with van der Waals surface area (Å²) in [5, 5.41) is 7.49. The maximum Gasteiger partial charge on any atom is 0.250 e. The molecule has 0 spiro atoms. The van der Waals surface area contributed by atoms with Crippen molar-refractivity contribution < 1.29 is 8.42 Å². The predicted molar refractivity (Wildman–Crippen MR) is 101 cm³/mol. The van der Waals surface area contributed by atoms with E-state index < -0.39 is 10.0 Å². The van der Waals surface area contributed by atoms with Gasteiger partial charge in [0.05, 0.1) is 5.69 Å². The molecule has 0 saturated heterocycles. The molecule has 3 heterocycles. The van der Waals surface area contributed by atoms with E-state index in [4.69, 9.17) is 0 Å². The van der Waals surface area contributed by atoms with Crippen LogP contribution in [0.15, 0.2) is 34.8 Å². The van der Waals surface area contributed by atoms with E-state index in [1.165, 1.54) is 17.7 Å². The highest BCUT2D eigenvalue weighted by Crippen LogP contribution is 2.20. The van der Waals surface area contributed by atoms with Gasteiger partial charge in [0.15, 0.2) is 5.82 Å². The molecule has 0 aromatic carbocycles. The Labute approximate surface area is 156 Å². The van der Waals surface area contributed by atoms with Crippen LogP contribution in [0.3, 0.4) is 0 Å². The molecule has 3 aromatic heterocycles. The first kappa shape index (κ1) is 18.5. The van der Waals surface area contributed by atoms with Gasteiger partial charge in [-0.15, -0.1) is 11.3 Å². The highest BCUT2D eigenvalue weighted by atomic mass is 32.2. The molecule has 0 fully saturated rings. The summed E-state index contributed by atoms with van der Waals surface area (Å²) in [5.41, 5.74) is 1.89. The number of rotatable bonds is 7. The van der Waals surface area contributed by atoms with E-state index in [9.17, 15) is 8.42 Å². The van der Waals surface area contributed by atoms with Crippen LogP contribution < -0.4 is 10.0 Å². The number of hydrogen-bond acceptors (Lipinski definition) is 7. The summed E-state index contributed by atoms with van der Waals surface area (Å²) >= 11 is 1.25. The van der Waals surface area contributed by atoms with Gasteiger partial charge in [0.2, 0.25) is 10.0 Å². The van der Waals surface area contributed by atoms with Crippen LogP contribution in [0.5, 0.6) is 0 Å². The van der Waals surface area contributed by atoms with Crippen LogP contribution in [0.1, 0.15) is 16.3 Å². The first-order valence-corrected chi connectivity index (χ1v) is 10.3. The Morgan fingerprint density at radius 2 is 1.92 bits per heavy atom. The average Bonchev–Trinajstić information content (AvgIpc) is 3.18. The van der Waals surface area contributed by atoms with Crippen LogP contribution in [0.4, 0.5) is 5.82 Å². The van der Waals surface area contributed by atoms with Crippen LogP contribution in [-0.2, 0) is 10.0 Å². The second-order valence-corrected chi connectivity index (χ2v) is 9.07. The Morgan fingerprint density at radius 3 is 2.58 bits per heavy atom. The van der Waals surface area contributed by atoms with E-state index in [1.807, 2.05) is 26.8 Å². The Morgan fingerprint density at radius 1 is 1.12 bits per heavy atom. The number of nitrogens with zero attached hydrogens (tertiary/aromatic N) is 4. The van der Waals surface area contributed by atoms with Crippen molar-refractivity contribution in [1.82, 2.24) is 24.5 Å². The van der Waals surface area contributed by atoms with E-state index in [0.717, 1.165) is 16.3 Å². The topological polar surface area (TPSA) is 102 Å². The van der Waals surface area contributed by atoms with Crippen LogP contribution in [0.25, 0.3) is 5.82 Å². The Hall–Kier alpha value is -2.30. The average molecular weight is 393 g/mol. The van der Waals surface area contributed by atoms with Gasteiger partial charge >= 0.3 is 0 Å². The zero-order chi connectivity index (χ0) is 18.7. The minimum atomic E-state index is -3.47. The van der Waals surface area contributed by atoms with Gasteiger partial charge in [-0.3, -0.25) is 0 Å². The number of thiophene rings is 1. The number of nitrogens with one attached hydrogen (secondary N) is 2. The molecule has 0 amide bonds. The molecule has 0 unspecified atom stereocenters. The normalized spacial score (nSPS) is 11.7. The van der Waals surface area contributed by atoms with Crippen molar-refractivity contribution >= 4 is 27.2 Å². The SMILES string of the molecule is Cc1cc(C)n(-c2cc(NCCNS(=O)(=O)c3ccc(C)s3)ncn2)n1. The lowest BCUT2D eigenvalue weighted by molar-refractivity contribution is 0.585. The molecule has 26 heavy (non-hydrogen) atoms. The summed E-state index contributed by atoms with van der Waals surface area (Å²) in [4.78, 5) is 9.35. The maximum atomic E-state index is 12.2. The van der Waals surface area contributed by atoms with E-state index in [2.05, 4.69) is 25.1 Å². The quantitative estimate of drug-likeness (QED) is 0.597. The zero-order valence-electron chi connectivity index (χ0n) is 14.7. The van der Waals surface area contributed by atoms with Gasteiger partial charge in [0.1, 0.15) is 16.4 Å². The molecule has 0 radical (unpaired) electrons. The lowest BCUT2D eigenvalue weighted by Gasteiger charge is -2.09. The number of hydrogen-bond donors (Lipinski definition) is 2. The molecule has 0 aliphatic heterocycles. The summed E-state index contributed by atoms with van der Waals surface area (Å²) in [6.45, 7) is 6.40. The second-order valence-electron chi connectivity index (χ2n) is 5.79. The second kappa shape index (κ2) is 7.52. The molecule has 0 bridgehead atoms. The molecular weight excluding hydrogens is 372 g/mol. The van der Waals surface area contributed by atoms with E-state index >= 15 is 0 Å². The molecule has 0 aliphatic rings. The van der Waals surface area contributed by atoms with Crippen molar-refractivity contribution in [3.63, 3.8) is 0 Å². The molecule has 0 aliphatic carbocycles. The molecule has 0 saturated carbocycles. The third kappa shape index (κ3) is 4.26. The molecule has 0 atom stereocenters. The number of anilines is 1. The van der Waals surface area contributed by atoms with Gasteiger partial charge in [-0.25, -0.2) is 27.8 Å². The van der Waals surface area contributed by atoms with Crippen molar-refractivity contribution in [1.29, 1.82) is 0 Å². The third-order valence-corrected chi connectivity index (χ3v) is 6.54. The summed E-state index contributed by atoms with van der Waals surface area (Å²) in [7, 11) is -3.47. The highest BCUT2D eigenvalue weighted by Gasteiger charge is 2.15. The summed E-state index contributed by atoms with van der Waals surface area (Å²) in [5.74, 6) is 1.26. The molecular formula is C16H20N6O2S2. The minimum Gasteiger partial charge on any atom is -0.369 e. The summed E-state index contributed by atoms with van der Waals surface area (Å²) in [6.07, 6.45) is 1.45. The molecule has 3 aromatic rings. The largest absolute Gasteiger partial charge is 0.369 e. The zero-order valence-corrected chi connectivity index (χ0v) is 16.4. The fourth-order valence-electron chi connectivity index (χ4n) is 2.42. The van der Waals surface area contributed by atoms with Crippen molar-refractivity contribution in [3.8, 4) is 5.82 Å². The van der Waals surface area contributed by atoms with Crippen molar-refractivity contribution in [3.05, 3.63) is 46.9 Å². The van der Waals surface area contributed by atoms with Crippen LogP contribution in [-0.4, -0.2) is 41.3 Å². The van der Waals surface area contributed by atoms with Gasteiger partial charge in [0, 0.05) is 29.7 Å². The van der Waals surface area contributed by atoms with Crippen LogP contribution in [0, 0.1) is 20.8 Å². The fourth-order valence-corrected chi connectivity index (χ4v) is 4.78. The van der Waals surface area contributed by atoms with Crippen molar-refractivity contribution in [2.45, 2.75) is 25.0 Å². The monoisotopic (exact) mass is 392 g/mol. The Kier molecular flexibility index (Phi) is 5.35. The summed E-state index contributed by atoms with van der Waals surface area (Å²) < 4.78 is 29.0. The van der Waals surface area contributed by atoms with Gasteiger partial charge in [-0.1, -0.05) is 0 Å². The lowest BCUT2D eigenvalue weighted by atomic mass is 10.4. The van der Waals surface area contributed by atoms with Gasteiger partial charge < -0.3 is 5.32 Å². The smallest absolute Gasteiger partial charge is 0.250 e. The van der Waals surface area contributed by atoms with Gasteiger partial charge in [0.25, 0.3) is 0 Å². The first-order chi connectivity index (χ1) is 12.3. The Bertz CT molecular complexity index is 1010. The molecule has 10 heteroatoms. The van der Waals surface area contributed by atoms with Crippen molar-refractivity contribution in [2.75, 3.05) is 18.4 Å². The van der Waals surface area contributed by atoms with Crippen LogP contribution in [0.2, 0.25) is 0 Å². The van der Waals surface area contributed by atoms with Crippen LogP contribution >= 0.6 is 11.3 Å². The first-order valence-electron chi connectivity index (χ1n) is 8.01. The predicted octanol–water partition coefficient (Wildman–Crippen LogP) is 2.04. The maximum absolute atomic E-state index is 12.2. The molecule has 8 nitrogen and oxygen atoms in total. The Balaban J connectivity index is 1.59. The van der Waals surface area contributed by atoms with E-state index in [1.54, 1.807) is 22.9 Å². The highest BCUT2D eigenvalue weighted by molar-refractivity contribution is 7.91. The lowest BCUT2D eigenvalue weighted by Crippen LogP contribution is -2.28. The molecule has 138 valence electrons. The van der Waals surface area contributed by atoms with E-state index in [-0.39, 0.29) is 6.54 Å². The van der Waals surface area contributed by atoms with E-state index in [0.29, 0.717) is 22.4 Å². The van der Waals surface area contributed by atoms with Gasteiger partial charge in [-0.2, -0.15) is 5.10 Å².